The highest BCUT2D eigenvalue weighted by Gasteiger charge is 2.43. The summed E-state index contributed by atoms with van der Waals surface area (Å²) in [6.45, 7) is 1.64. The maximum Gasteiger partial charge on any atom is 0.251 e. The van der Waals surface area contributed by atoms with Crippen LogP contribution in [0.3, 0.4) is 0 Å². The van der Waals surface area contributed by atoms with E-state index >= 15 is 0 Å². The third-order valence-electron chi connectivity index (χ3n) is 1.79. The van der Waals surface area contributed by atoms with Crippen LogP contribution in [0, 0.1) is 5.92 Å². The smallest absolute Gasteiger partial charge is 0.251 e. The SMILES string of the molecule is C[C@H]1CC(F)(F)C[C@@H]1O. The van der Waals surface area contributed by atoms with E-state index in [0.29, 0.717) is 0 Å². The third-order valence-corrected chi connectivity index (χ3v) is 1.79. The summed E-state index contributed by atoms with van der Waals surface area (Å²) >= 11 is 0. The Balaban J connectivity index is 2.54. The van der Waals surface area contributed by atoms with Crippen molar-refractivity contribution in [2.24, 2.45) is 5.92 Å². The highest BCUT2D eigenvalue weighted by molar-refractivity contribution is 4.85. The largest absolute Gasteiger partial charge is 0.393 e. The molecule has 0 amide bonds. The monoisotopic (exact) mass is 136 g/mol. The lowest BCUT2D eigenvalue weighted by Crippen LogP contribution is -2.11. The van der Waals surface area contributed by atoms with Gasteiger partial charge in [-0.05, 0) is 5.92 Å². The second-order valence-corrected chi connectivity index (χ2v) is 2.81. The zero-order valence-corrected chi connectivity index (χ0v) is 5.27. The Morgan fingerprint density at radius 3 is 2.11 bits per heavy atom. The minimum Gasteiger partial charge on any atom is -0.393 e. The molecule has 3 heteroatoms. The van der Waals surface area contributed by atoms with Gasteiger partial charge in [0.2, 0.25) is 0 Å². The van der Waals surface area contributed by atoms with Crippen molar-refractivity contribution in [3.8, 4) is 0 Å². The van der Waals surface area contributed by atoms with Crippen LogP contribution in [-0.2, 0) is 0 Å². The van der Waals surface area contributed by atoms with Crippen LogP contribution in [0.4, 0.5) is 8.78 Å². The molecule has 54 valence electrons. The standard InChI is InChI=1S/C6H10F2O/c1-4-2-6(7,8)3-5(4)9/h4-5,9H,2-3H2,1H3/t4-,5-/m0/s1. The molecule has 1 aliphatic carbocycles. The second kappa shape index (κ2) is 1.90. The lowest BCUT2D eigenvalue weighted by atomic mass is 10.1. The minimum atomic E-state index is -2.61. The van der Waals surface area contributed by atoms with Gasteiger partial charge in [-0.2, -0.15) is 0 Å². The van der Waals surface area contributed by atoms with Crippen molar-refractivity contribution >= 4 is 0 Å². The first kappa shape index (κ1) is 6.93. The first-order chi connectivity index (χ1) is 4.01. The van der Waals surface area contributed by atoms with Gasteiger partial charge in [0.1, 0.15) is 0 Å². The summed E-state index contributed by atoms with van der Waals surface area (Å²) in [4.78, 5) is 0. The number of aliphatic hydroxyl groups is 1. The fourth-order valence-electron chi connectivity index (χ4n) is 1.20. The fraction of sp³-hybridized carbons (Fsp3) is 1.00. The fourth-order valence-corrected chi connectivity index (χ4v) is 1.20. The number of aliphatic hydroxyl groups excluding tert-OH is 1. The van der Waals surface area contributed by atoms with Crippen LogP contribution in [0.1, 0.15) is 19.8 Å². The van der Waals surface area contributed by atoms with Crippen molar-refractivity contribution in [3.63, 3.8) is 0 Å². The molecule has 1 N–H and O–H groups in total. The van der Waals surface area contributed by atoms with Gasteiger partial charge in [0, 0.05) is 12.8 Å². The van der Waals surface area contributed by atoms with E-state index in [-0.39, 0.29) is 18.8 Å². The molecule has 0 unspecified atom stereocenters. The normalized spacial score (nSPS) is 41.3. The third kappa shape index (κ3) is 1.39. The van der Waals surface area contributed by atoms with Crippen LogP contribution < -0.4 is 0 Å². The van der Waals surface area contributed by atoms with E-state index in [9.17, 15) is 8.78 Å². The molecule has 1 fully saturated rings. The summed E-state index contributed by atoms with van der Waals surface area (Å²) < 4.78 is 24.6. The quantitative estimate of drug-likeness (QED) is 0.533. The molecule has 0 aromatic heterocycles. The maximum absolute atomic E-state index is 12.3. The molecular weight excluding hydrogens is 126 g/mol. The van der Waals surface area contributed by atoms with Gasteiger partial charge in [0.25, 0.3) is 5.92 Å². The molecule has 0 aromatic rings. The average Bonchev–Trinajstić information content (AvgIpc) is 1.79. The highest BCUT2D eigenvalue weighted by Crippen LogP contribution is 2.38. The summed E-state index contributed by atoms with van der Waals surface area (Å²) in [5.74, 6) is -2.85. The Labute approximate surface area is 52.7 Å². The van der Waals surface area contributed by atoms with Gasteiger partial charge >= 0.3 is 0 Å². The molecule has 1 aliphatic rings. The summed E-state index contributed by atoms with van der Waals surface area (Å²) in [6.07, 6.45) is -1.30. The Bertz CT molecular complexity index is 102. The zero-order chi connectivity index (χ0) is 7.07. The van der Waals surface area contributed by atoms with Gasteiger partial charge in [-0.1, -0.05) is 6.92 Å². The van der Waals surface area contributed by atoms with E-state index in [1.165, 1.54) is 0 Å². The van der Waals surface area contributed by atoms with Crippen molar-refractivity contribution in [1.82, 2.24) is 0 Å². The van der Waals surface area contributed by atoms with Crippen LogP contribution >= 0.6 is 0 Å². The van der Waals surface area contributed by atoms with Crippen LogP contribution in [0.15, 0.2) is 0 Å². The van der Waals surface area contributed by atoms with Gasteiger partial charge in [-0.3, -0.25) is 0 Å². The minimum absolute atomic E-state index is 0.159. The number of halogens is 2. The number of hydrogen-bond donors (Lipinski definition) is 1. The van der Waals surface area contributed by atoms with Crippen molar-refractivity contribution < 1.29 is 13.9 Å². The topological polar surface area (TPSA) is 20.2 Å². The Morgan fingerprint density at radius 1 is 1.44 bits per heavy atom. The Kier molecular flexibility index (Phi) is 1.47. The van der Waals surface area contributed by atoms with Gasteiger partial charge in [0.05, 0.1) is 6.10 Å². The van der Waals surface area contributed by atoms with E-state index in [4.69, 9.17) is 5.11 Å². The van der Waals surface area contributed by atoms with Crippen molar-refractivity contribution in [1.29, 1.82) is 0 Å². The van der Waals surface area contributed by atoms with Crippen molar-refractivity contribution in [3.05, 3.63) is 0 Å². The lowest BCUT2D eigenvalue weighted by Gasteiger charge is -2.04. The number of rotatable bonds is 0. The average molecular weight is 136 g/mol. The van der Waals surface area contributed by atoms with Crippen LogP contribution in [-0.4, -0.2) is 17.1 Å². The summed E-state index contributed by atoms with van der Waals surface area (Å²) in [5.41, 5.74) is 0. The summed E-state index contributed by atoms with van der Waals surface area (Å²) in [6, 6.07) is 0. The van der Waals surface area contributed by atoms with Crippen LogP contribution in [0.2, 0.25) is 0 Å². The highest BCUT2D eigenvalue weighted by atomic mass is 19.3. The summed E-state index contributed by atoms with van der Waals surface area (Å²) in [7, 11) is 0. The first-order valence-corrected chi connectivity index (χ1v) is 3.07. The molecule has 0 aromatic carbocycles. The second-order valence-electron chi connectivity index (χ2n) is 2.81. The van der Waals surface area contributed by atoms with Crippen molar-refractivity contribution in [2.45, 2.75) is 31.8 Å². The molecule has 0 heterocycles. The molecule has 1 rings (SSSR count). The van der Waals surface area contributed by atoms with E-state index in [1.54, 1.807) is 6.92 Å². The first-order valence-electron chi connectivity index (χ1n) is 3.07. The van der Waals surface area contributed by atoms with Gasteiger partial charge < -0.3 is 5.11 Å². The van der Waals surface area contributed by atoms with E-state index in [2.05, 4.69) is 0 Å². The lowest BCUT2D eigenvalue weighted by molar-refractivity contribution is -0.00377. The molecule has 1 saturated carbocycles. The zero-order valence-electron chi connectivity index (χ0n) is 5.27. The number of hydrogen-bond acceptors (Lipinski definition) is 1. The predicted molar refractivity (Wildman–Crippen MR) is 29.4 cm³/mol. The van der Waals surface area contributed by atoms with Gasteiger partial charge in [-0.25, -0.2) is 8.78 Å². The van der Waals surface area contributed by atoms with E-state index in [1.807, 2.05) is 0 Å². The molecule has 0 radical (unpaired) electrons. The molecule has 1 nitrogen and oxygen atoms in total. The van der Waals surface area contributed by atoms with E-state index in [0.717, 1.165) is 0 Å². The summed E-state index contributed by atoms with van der Waals surface area (Å²) in [5, 5.41) is 8.85. The van der Waals surface area contributed by atoms with Gasteiger partial charge in [0.15, 0.2) is 0 Å². The molecule has 0 spiro atoms. The molecular formula is C6H10F2O. The number of alkyl halides is 2. The Morgan fingerprint density at radius 2 is 2.00 bits per heavy atom. The van der Waals surface area contributed by atoms with E-state index < -0.39 is 12.0 Å². The van der Waals surface area contributed by atoms with Crippen LogP contribution in [0.5, 0.6) is 0 Å². The van der Waals surface area contributed by atoms with Crippen molar-refractivity contribution in [2.75, 3.05) is 0 Å². The molecule has 0 saturated heterocycles. The Hall–Kier alpha value is -0.180. The molecule has 2 atom stereocenters. The van der Waals surface area contributed by atoms with Crippen LogP contribution in [0.25, 0.3) is 0 Å². The molecule has 0 bridgehead atoms. The predicted octanol–water partition coefficient (Wildman–Crippen LogP) is 1.41. The maximum atomic E-state index is 12.3. The molecule has 9 heavy (non-hydrogen) atoms. The van der Waals surface area contributed by atoms with Gasteiger partial charge in [-0.15, -0.1) is 0 Å². The molecule has 0 aliphatic heterocycles.